The number of carbonyl (C=O) groups excluding carboxylic acids is 1. The number of rotatable bonds is 6. The lowest BCUT2D eigenvalue weighted by Crippen LogP contribution is -2.23. The molecule has 0 radical (unpaired) electrons. The van der Waals surface area contributed by atoms with Gasteiger partial charge in [-0.05, 0) is 35.1 Å². The van der Waals surface area contributed by atoms with Gasteiger partial charge in [-0.15, -0.1) is 0 Å². The highest BCUT2D eigenvalue weighted by Gasteiger charge is 2.19. The summed E-state index contributed by atoms with van der Waals surface area (Å²) in [6, 6.07) is 13.2. The number of methoxy groups -OCH3 is 2. The monoisotopic (exact) mass is 380 g/mol. The second-order valence-corrected chi connectivity index (χ2v) is 6.48. The quantitative estimate of drug-likeness (QED) is 0.714. The van der Waals surface area contributed by atoms with Crippen LogP contribution < -0.4 is 20.3 Å². The van der Waals surface area contributed by atoms with Gasteiger partial charge >= 0.3 is 0 Å². The third kappa shape index (κ3) is 3.45. The third-order valence-corrected chi connectivity index (χ3v) is 4.93. The van der Waals surface area contributed by atoms with Crippen molar-refractivity contribution in [1.82, 2.24) is 9.88 Å². The number of benzene rings is 2. The highest BCUT2D eigenvalue weighted by atomic mass is 16.5. The van der Waals surface area contributed by atoms with Crippen LogP contribution in [0.2, 0.25) is 0 Å². The van der Waals surface area contributed by atoms with Crippen molar-refractivity contribution in [3.05, 3.63) is 58.4 Å². The van der Waals surface area contributed by atoms with E-state index in [1.165, 1.54) is 0 Å². The number of aromatic nitrogens is 1. The van der Waals surface area contributed by atoms with Gasteiger partial charge in [-0.3, -0.25) is 9.59 Å². The number of ether oxygens (including phenoxy) is 2. The van der Waals surface area contributed by atoms with Crippen LogP contribution in [0.5, 0.6) is 11.5 Å². The Balaban J connectivity index is 2.38. The molecular weight excluding hydrogens is 356 g/mol. The van der Waals surface area contributed by atoms with Crippen LogP contribution in [0.4, 0.5) is 0 Å². The van der Waals surface area contributed by atoms with Crippen LogP contribution in [0.1, 0.15) is 12.0 Å². The van der Waals surface area contributed by atoms with Gasteiger partial charge in [0.15, 0.2) is 11.5 Å². The Kier molecular flexibility index (Phi) is 5.68. The molecule has 0 aliphatic rings. The van der Waals surface area contributed by atoms with Crippen molar-refractivity contribution in [3.8, 4) is 22.8 Å². The average molecular weight is 380 g/mol. The summed E-state index contributed by atoms with van der Waals surface area (Å²) in [6.07, 6.45) is 0.808. The van der Waals surface area contributed by atoms with E-state index in [2.05, 4.69) is 5.32 Å². The maximum absolute atomic E-state index is 13.1. The molecule has 0 saturated carbocycles. The van der Waals surface area contributed by atoms with Crippen LogP contribution >= 0.6 is 0 Å². The Morgan fingerprint density at radius 1 is 1.04 bits per heavy atom. The van der Waals surface area contributed by atoms with Crippen LogP contribution in [0.25, 0.3) is 22.0 Å². The molecule has 0 bridgehead atoms. The molecule has 0 fully saturated rings. The Hall–Kier alpha value is -3.28. The van der Waals surface area contributed by atoms with Gasteiger partial charge in [0.05, 0.1) is 25.3 Å². The van der Waals surface area contributed by atoms with Gasteiger partial charge in [-0.1, -0.05) is 30.3 Å². The van der Waals surface area contributed by atoms with Crippen molar-refractivity contribution in [2.75, 3.05) is 21.3 Å². The Morgan fingerprint density at radius 3 is 2.21 bits per heavy atom. The molecule has 1 aromatic heterocycles. The van der Waals surface area contributed by atoms with E-state index in [4.69, 9.17) is 9.47 Å². The zero-order valence-corrected chi connectivity index (χ0v) is 16.5. The lowest BCUT2D eigenvalue weighted by Gasteiger charge is -2.19. The van der Waals surface area contributed by atoms with E-state index in [9.17, 15) is 9.59 Å². The molecule has 6 nitrogen and oxygen atoms in total. The number of fused-ring (bicyclic) bond motifs is 1. The summed E-state index contributed by atoms with van der Waals surface area (Å²) in [5.41, 5.74) is 2.52. The zero-order valence-electron chi connectivity index (χ0n) is 16.5. The van der Waals surface area contributed by atoms with Gasteiger partial charge in [0.2, 0.25) is 5.91 Å². The topological polar surface area (TPSA) is 69.6 Å². The van der Waals surface area contributed by atoms with Crippen molar-refractivity contribution in [3.63, 3.8) is 0 Å². The standard InChI is InChI=1S/C22H24N2O4/c1-23-20(25)11-10-15-16-12-18(27-3)19(28-4)13-17(16)22(26)24(2)21(15)14-8-6-5-7-9-14/h5-9,12-13H,10-11H2,1-4H3,(H,23,25). The van der Waals surface area contributed by atoms with Gasteiger partial charge in [0, 0.05) is 20.5 Å². The summed E-state index contributed by atoms with van der Waals surface area (Å²) in [4.78, 5) is 25.0. The number of aryl methyl sites for hydroxylation is 1. The summed E-state index contributed by atoms with van der Waals surface area (Å²) >= 11 is 0. The fraction of sp³-hybridized carbons (Fsp3) is 0.273. The van der Waals surface area contributed by atoms with Crippen LogP contribution in [0.3, 0.4) is 0 Å². The van der Waals surface area contributed by atoms with E-state index in [1.54, 1.807) is 38.9 Å². The SMILES string of the molecule is CNC(=O)CCc1c(-c2ccccc2)n(C)c(=O)c2cc(OC)c(OC)cc12. The summed E-state index contributed by atoms with van der Waals surface area (Å²) in [5.74, 6) is 0.988. The van der Waals surface area contributed by atoms with Crippen molar-refractivity contribution in [2.45, 2.75) is 12.8 Å². The molecule has 146 valence electrons. The number of hydrogen-bond donors (Lipinski definition) is 1. The van der Waals surface area contributed by atoms with E-state index in [0.29, 0.717) is 29.7 Å². The van der Waals surface area contributed by atoms with Gasteiger partial charge in [-0.25, -0.2) is 0 Å². The van der Waals surface area contributed by atoms with Crippen LogP contribution in [0, 0.1) is 0 Å². The minimum Gasteiger partial charge on any atom is -0.493 e. The van der Waals surface area contributed by atoms with Gasteiger partial charge in [-0.2, -0.15) is 0 Å². The number of pyridine rings is 1. The highest BCUT2D eigenvalue weighted by Crippen LogP contribution is 2.36. The van der Waals surface area contributed by atoms with Gasteiger partial charge < -0.3 is 19.4 Å². The molecule has 0 unspecified atom stereocenters. The van der Waals surface area contributed by atoms with E-state index >= 15 is 0 Å². The molecule has 1 amide bonds. The summed E-state index contributed by atoms with van der Waals surface area (Å²) in [5, 5.41) is 3.96. The van der Waals surface area contributed by atoms with Crippen molar-refractivity contribution in [1.29, 1.82) is 0 Å². The fourth-order valence-corrected chi connectivity index (χ4v) is 3.50. The molecule has 0 aliphatic heterocycles. The summed E-state index contributed by atoms with van der Waals surface area (Å²) in [7, 11) is 6.48. The number of hydrogen-bond acceptors (Lipinski definition) is 4. The lowest BCUT2D eigenvalue weighted by atomic mass is 9.95. The Bertz CT molecular complexity index is 1070. The summed E-state index contributed by atoms with van der Waals surface area (Å²) in [6.45, 7) is 0. The summed E-state index contributed by atoms with van der Waals surface area (Å²) < 4.78 is 12.5. The van der Waals surface area contributed by atoms with Gasteiger partial charge in [0.1, 0.15) is 0 Å². The van der Waals surface area contributed by atoms with Crippen molar-refractivity contribution in [2.24, 2.45) is 7.05 Å². The van der Waals surface area contributed by atoms with Crippen molar-refractivity contribution >= 4 is 16.7 Å². The maximum atomic E-state index is 13.1. The molecule has 1 heterocycles. The van der Waals surface area contributed by atoms with E-state index in [-0.39, 0.29) is 11.5 Å². The third-order valence-electron chi connectivity index (χ3n) is 4.93. The molecule has 0 spiro atoms. The Morgan fingerprint density at radius 2 is 1.64 bits per heavy atom. The van der Waals surface area contributed by atoms with Crippen LogP contribution in [-0.4, -0.2) is 31.7 Å². The molecule has 0 saturated heterocycles. The Labute approximate surface area is 163 Å². The van der Waals surface area contributed by atoms with Gasteiger partial charge in [0.25, 0.3) is 5.56 Å². The molecule has 3 aromatic rings. The number of nitrogens with zero attached hydrogens (tertiary/aromatic N) is 1. The predicted octanol–water partition coefficient (Wildman–Crippen LogP) is 2.90. The fourth-order valence-electron chi connectivity index (χ4n) is 3.50. The number of nitrogens with one attached hydrogen (secondary N) is 1. The smallest absolute Gasteiger partial charge is 0.258 e. The predicted molar refractivity (Wildman–Crippen MR) is 110 cm³/mol. The molecular formula is C22H24N2O4. The molecule has 28 heavy (non-hydrogen) atoms. The molecule has 6 heteroatoms. The average Bonchev–Trinajstić information content (AvgIpc) is 2.74. The highest BCUT2D eigenvalue weighted by molar-refractivity contribution is 5.93. The van der Waals surface area contributed by atoms with E-state index in [1.807, 2.05) is 36.4 Å². The van der Waals surface area contributed by atoms with Crippen LogP contribution in [0.15, 0.2) is 47.3 Å². The molecule has 0 atom stereocenters. The molecule has 3 rings (SSSR count). The largest absolute Gasteiger partial charge is 0.493 e. The first-order valence-corrected chi connectivity index (χ1v) is 9.05. The first kappa shape index (κ1) is 19.5. The second kappa shape index (κ2) is 8.17. The first-order valence-electron chi connectivity index (χ1n) is 9.05. The first-order chi connectivity index (χ1) is 13.5. The lowest BCUT2D eigenvalue weighted by molar-refractivity contribution is -0.120. The number of amides is 1. The molecule has 0 aliphatic carbocycles. The minimum absolute atomic E-state index is 0.0542. The normalized spacial score (nSPS) is 10.7. The van der Waals surface area contributed by atoms with Crippen molar-refractivity contribution < 1.29 is 14.3 Å². The molecule has 1 N–H and O–H groups in total. The molecule has 2 aromatic carbocycles. The van der Waals surface area contributed by atoms with E-state index in [0.717, 1.165) is 22.2 Å². The van der Waals surface area contributed by atoms with Crippen LogP contribution in [-0.2, 0) is 18.3 Å². The van der Waals surface area contributed by atoms with E-state index < -0.39 is 0 Å². The minimum atomic E-state index is -0.126. The number of carbonyl (C=O) groups is 1. The zero-order chi connectivity index (χ0) is 20.3. The second-order valence-electron chi connectivity index (χ2n) is 6.48. The maximum Gasteiger partial charge on any atom is 0.258 e.